The number of nitrogens with one attached hydrogen (secondary N) is 2. The summed E-state index contributed by atoms with van der Waals surface area (Å²) in [5, 5.41) is 13.6. The van der Waals surface area contributed by atoms with Gasteiger partial charge in [0.2, 0.25) is 5.72 Å². The number of hydrogen-bond donors (Lipinski definition) is 3. The number of carbonyl (C=O) groups excluding carboxylic acids is 2. The van der Waals surface area contributed by atoms with Crippen molar-refractivity contribution < 1.29 is 27.9 Å². The number of ketones is 1. The van der Waals surface area contributed by atoms with Crippen molar-refractivity contribution in [2.45, 2.75) is 24.9 Å². The molecule has 1 aromatic carbocycles. The second-order valence-corrected chi connectivity index (χ2v) is 4.84. The minimum atomic E-state index is -5.19. The van der Waals surface area contributed by atoms with Crippen LogP contribution in [0.15, 0.2) is 30.3 Å². The lowest BCUT2D eigenvalue weighted by Crippen LogP contribution is -2.72. The Morgan fingerprint density at radius 2 is 1.86 bits per heavy atom. The molecule has 0 spiro atoms. The molecule has 0 aromatic heterocycles. The summed E-state index contributed by atoms with van der Waals surface area (Å²) in [6.45, 7) is 0.941. The molecule has 1 saturated heterocycles. The van der Waals surface area contributed by atoms with Crippen LogP contribution in [-0.4, -0.2) is 28.8 Å². The van der Waals surface area contributed by atoms with Crippen LogP contribution in [0.25, 0.3) is 0 Å². The summed E-state index contributed by atoms with van der Waals surface area (Å²) in [6, 6.07) is 5.25. The molecule has 3 atom stereocenters. The maximum atomic E-state index is 13.2. The molecule has 114 valence electrons. The van der Waals surface area contributed by atoms with Crippen LogP contribution in [-0.2, 0) is 4.79 Å². The number of hydrogen-bond acceptors (Lipinski definition) is 3. The first-order chi connectivity index (χ1) is 9.67. The lowest BCUT2D eigenvalue weighted by atomic mass is 9.79. The summed E-state index contributed by atoms with van der Waals surface area (Å²) in [7, 11) is 0. The number of urea groups is 1. The molecule has 0 radical (unpaired) electrons. The zero-order valence-electron chi connectivity index (χ0n) is 10.9. The summed E-state index contributed by atoms with van der Waals surface area (Å²) < 4.78 is 39.5. The summed E-state index contributed by atoms with van der Waals surface area (Å²) in [4.78, 5) is 23.2. The molecule has 2 amide bonds. The zero-order chi connectivity index (χ0) is 15.8. The molecule has 1 fully saturated rings. The molecule has 2 rings (SSSR count). The quantitative estimate of drug-likeness (QED) is 0.774. The Balaban J connectivity index is 2.54. The molecular weight excluding hydrogens is 289 g/mol. The van der Waals surface area contributed by atoms with Crippen molar-refractivity contribution in [1.82, 2.24) is 10.6 Å². The van der Waals surface area contributed by atoms with E-state index in [-0.39, 0.29) is 0 Å². The van der Waals surface area contributed by atoms with Crippen molar-refractivity contribution in [3.8, 4) is 0 Å². The molecule has 1 aliphatic rings. The van der Waals surface area contributed by atoms with Gasteiger partial charge in [-0.15, -0.1) is 0 Å². The van der Waals surface area contributed by atoms with E-state index in [2.05, 4.69) is 5.32 Å². The van der Waals surface area contributed by atoms with Crippen LogP contribution in [0.3, 0.4) is 0 Å². The van der Waals surface area contributed by atoms with Crippen LogP contribution in [0.2, 0.25) is 0 Å². The van der Waals surface area contributed by atoms with Gasteiger partial charge >= 0.3 is 12.2 Å². The first kappa shape index (κ1) is 15.3. The highest BCUT2D eigenvalue weighted by Crippen LogP contribution is 2.42. The largest absolute Gasteiger partial charge is 0.437 e. The molecule has 0 saturated carbocycles. The number of halogens is 3. The molecule has 21 heavy (non-hydrogen) atoms. The van der Waals surface area contributed by atoms with Crippen molar-refractivity contribution in [2.75, 3.05) is 0 Å². The van der Waals surface area contributed by atoms with Crippen molar-refractivity contribution in [3.05, 3.63) is 35.9 Å². The third-order valence-corrected chi connectivity index (χ3v) is 3.40. The summed E-state index contributed by atoms with van der Waals surface area (Å²) in [5.74, 6) is -2.78. The fourth-order valence-corrected chi connectivity index (χ4v) is 2.46. The van der Waals surface area contributed by atoms with Crippen LogP contribution >= 0.6 is 0 Å². The Bertz CT molecular complexity index is 562. The minimum Gasteiger partial charge on any atom is -0.363 e. The Kier molecular flexibility index (Phi) is 3.66. The van der Waals surface area contributed by atoms with Gasteiger partial charge in [-0.25, -0.2) is 4.79 Å². The van der Waals surface area contributed by atoms with Gasteiger partial charge in [-0.1, -0.05) is 30.3 Å². The van der Waals surface area contributed by atoms with Crippen LogP contribution in [0.4, 0.5) is 18.0 Å². The first-order valence-electron chi connectivity index (χ1n) is 6.10. The van der Waals surface area contributed by atoms with Crippen LogP contribution in [0.1, 0.15) is 18.5 Å². The van der Waals surface area contributed by atoms with Gasteiger partial charge in [0.15, 0.2) is 0 Å². The maximum absolute atomic E-state index is 13.2. The first-order valence-corrected chi connectivity index (χ1v) is 6.10. The summed E-state index contributed by atoms with van der Waals surface area (Å²) in [6.07, 6.45) is -5.19. The zero-order valence-corrected chi connectivity index (χ0v) is 10.9. The predicted octanol–water partition coefficient (Wildman–Crippen LogP) is 1.50. The summed E-state index contributed by atoms with van der Waals surface area (Å²) in [5.41, 5.74) is -3.31. The second kappa shape index (κ2) is 5.03. The lowest BCUT2D eigenvalue weighted by molar-refractivity contribution is -0.290. The smallest absolute Gasteiger partial charge is 0.363 e. The van der Waals surface area contributed by atoms with E-state index in [0.29, 0.717) is 5.56 Å². The highest BCUT2D eigenvalue weighted by atomic mass is 19.4. The number of aliphatic hydroxyl groups is 1. The van der Waals surface area contributed by atoms with E-state index in [1.807, 2.05) is 0 Å². The molecule has 0 aliphatic carbocycles. The number of rotatable bonds is 2. The molecule has 1 heterocycles. The van der Waals surface area contributed by atoms with Crippen molar-refractivity contribution in [2.24, 2.45) is 5.92 Å². The van der Waals surface area contributed by atoms with E-state index in [1.165, 1.54) is 17.4 Å². The molecular formula is C13H13F3N2O3. The van der Waals surface area contributed by atoms with E-state index in [4.69, 9.17) is 0 Å². The van der Waals surface area contributed by atoms with Crippen molar-refractivity contribution in [1.29, 1.82) is 0 Å². The van der Waals surface area contributed by atoms with E-state index >= 15 is 0 Å². The number of benzene rings is 1. The fourth-order valence-electron chi connectivity index (χ4n) is 2.46. The second-order valence-electron chi connectivity index (χ2n) is 4.84. The van der Waals surface area contributed by atoms with Crippen molar-refractivity contribution in [3.63, 3.8) is 0 Å². The monoisotopic (exact) mass is 302 g/mol. The van der Waals surface area contributed by atoms with E-state index in [0.717, 1.165) is 6.92 Å². The van der Waals surface area contributed by atoms with Gasteiger partial charge < -0.3 is 15.7 Å². The van der Waals surface area contributed by atoms with Gasteiger partial charge in [0, 0.05) is 0 Å². The third kappa shape index (κ3) is 2.58. The van der Waals surface area contributed by atoms with Crippen LogP contribution in [0.5, 0.6) is 0 Å². The molecule has 0 bridgehead atoms. The normalized spacial score (nSPS) is 29.5. The molecule has 1 aromatic rings. The Morgan fingerprint density at radius 1 is 1.29 bits per heavy atom. The van der Waals surface area contributed by atoms with Gasteiger partial charge in [0.1, 0.15) is 5.78 Å². The summed E-state index contributed by atoms with van der Waals surface area (Å²) >= 11 is 0. The number of amides is 2. The van der Waals surface area contributed by atoms with E-state index in [9.17, 15) is 27.9 Å². The molecule has 5 nitrogen and oxygen atoms in total. The van der Waals surface area contributed by atoms with Crippen LogP contribution < -0.4 is 10.6 Å². The Hall–Kier alpha value is -2.09. The van der Waals surface area contributed by atoms with E-state index < -0.39 is 35.7 Å². The molecule has 0 unspecified atom stereocenters. The number of alkyl halides is 3. The minimum absolute atomic E-state index is 0.301. The topological polar surface area (TPSA) is 78.4 Å². The van der Waals surface area contributed by atoms with Gasteiger partial charge in [0.25, 0.3) is 0 Å². The van der Waals surface area contributed by atoms with Gasteiger partial charge in [-0.3, -0.25) is 4.79 Å². The SMILES string of the molecule is CC(=O)[C@@H]1[C@@H](c2ccccc2)NC(=O)N[C@@]1(O)C(F)(F)F. The number of carbonyl (C=O) groups is 2. The highest BCUT2D eigenvalue weighted by molar-refractivity contribution is 5.86. The molecule has 3 N–H and O–H groups in total. The van der Waals surface area contributed by atoms with Gasteiger partial charge in [-0.2, -0.15) is 13.2 Å². The third-order valence-electron chi connectivity index (χ3n) is 3.40. The van der Waals surface area contributed by atoms with Gasteiger partial charge in [0.05, 0.1) is 12.0 Å². The maximum Gasteiger partial charge on any atom is 0.437 e. The van der Waals surface area contributed by atoms with E-state index in [1.54, 1.807) is 18.2 Å². The fraction of sp³-hybridized carbons (Fsp3) is 0.385. The predicted molar refractivity (Wildman–Crippen MR) is 66.0 cm³/mol. The standard InChI is InChI=1S/C13H13F3N2O3/c1-7(19)9-10(8-5-3-2-4-6-8)17-11(20)18-12(9,21)13(14,15)16/h2-6,9-10,21H,1H3,(H2,17,18,20)/t9-,10-,12+/m1/s1. The average Bonchev–Trinajstić information content (AvgIpc) is 2.37. The highest BCUT2D eigenvalue weighted by Gasteiger charge is 2.65. The van der Waals surface area contributed by atoms with Crippen molar-refractivity contribution >= 4 is 11.8 Å². The number of Topliss-reactive ketones (excluding diaryl/α,β-unsaturated/α-hetero) is 1. The molecule has 1 aliphatic heterocycles. The Morgan fingerprint density at radius 3 is 2.33 bits per heavy atom. The molecule has 8 heteroatoms. The van der Waals surface area contributed by atoms with Crippen LogP contribution in [0, 0.1) is 5.92 Å². The average molecular weight is 302 g/mol. The Labute approximate surface area is 118 Å². The van der Waals surface area contributed by atoms with Gasteiger partial charge in [-0.05, 0) is 12.5 Å². The lowest BCUT2D eigenvalue weighted by Gasteiger charge is -2.44.